The van der Waals surface area contributed by atoms with Crippen LogP contribution in [0.15, 0.2) is 29.3 Å². The molecule has 0 fully saturated rings. The molecule has 0 aliphatic rings. The Morgan fingerprint density at radius 1 is 1.55 bits per heavy atom. The molecule has 0 aromatic carbocycles. The van der Waals surface area contributed by atoms with E-state index in [0.29, 0.717) is 18.6 Å². The molecule has 0 aliphatic carbocycles. The van der Waals surface area contributed by atoms with Crippen molar-refractivity contribution in [1.82, 2.24) is 14.7 Å². The molecule has 20 heavy (non-hydrogen) atoms. The van der Waals surface area contributed by atoms with Crippen molar-refractivity contribution in [3.8, 4) is 0 Å². The second-order valence-corrected chi connectivity index (χ2v) is 4.93. The monoisotopic (exact) mass is 274 g/mol. The maximum atomic E-state index is 12.2. The maximum absolute atomic E-state index is 12.2. The molecule has 2 aromatic rings. The lowest BCUT2D eigenvalue weighted by Gasteiger charge is -2.08. The minimum Gasteiger partial charge on any atom is -0.352 e. The number of aryl methyl sites for hydroxylation is 1. The number of fused-ring (bicyclic) bond motifs is 1. The zero-order valence-corrected chi connectivity index (χ0v) is 11.6. The van der Waals surface area contributed by atoms with Gasteiger partial charge < -0.3 is 11.1 Å². The Morgan fingerprint density at radius 2 is 2.30 bits per heavy atom. The van der Waals surface area contributed by atoms with Gasteiger partial charge in [-0.15, -0.1) is 0 Å². The van der Waals surface area contributed by atoms with Crippen molar-refractivity contribution >= 4 is 11.6 Å². The molecule has 0 saturated heterocycles. The SMILES string of the molecule is Cc1ccn2c(=O)c(C(=O)NCCC(C)N)cnc2c1. The highest BCUT2D eigenvalue weighted by Gasteiger charge is 2.12. The number of hydrogen-bond donors (Lipinski definition) is 2. The van der Waals surface area contributed by atoms with Crippen LogP contribution in [0.4, 0.5) is 0 Å². The molecule has 0 saturated carbocycles. The fourth-order valence-corrected chi connectivity index (χ4v) is 1.84. The first-order chi connectivity index (χ1) is 9.49. The summed E-state index contributed by atoms with van der Waals surface area (Å²) in [5, 5.41) is 2.67. The van der Waals surface area contributed by atoms with E-state index in [-0.39, 0.29) is 17.2 Å². The van der Waals surface area contributed by atoms with Crippen LogP contribution in [0, 0.1) is 6.92 Å². The first-order valence-corrected chi connectivity index (χ1v) is 6.51. The number of rotatable bonds is 4. The van der Waals surface area contributed by atoms with Gasteiger partial charge in [-0.2, -0.15) is 0 Å². The molecule has 2 rings (SSSR count). The van der Waals surface area contributed by atoms with Crippen molar-refractivity contribution in [2.45, 2.75) is 26.3 Å². The third-order valence-corrected chi connectivity index (χ3v) is 3.00. The molecule has 6 heteroatoms. The Bertz CT molecular complexity index is 691. The van der Waals surface area contributed by atoms with Gasteiger partial charge in [0.2, 0.25) is 0 Å². The first-order valence-electron chi connectivity index (χ1n) is 6.51. The fraction of sp³-hybridized carbons (Fsp3) is 0.357. The van der Waals surface area contributed by atoms with Gasteiger partial charge in [0.05, 0.1) is 0 Å². The normalized spacial score (nSPS) is 12.3. The van der Waals surface area contributed by atoms with Crippen molar-refractivity contribution in [3.05, 3.63) is 46.0 Å². The number of carbonyl (C=O) groups excluding carboxylic acids is 1. The van der Waals surface area contributed by atoms with Gasteiger partial charge in [-0.05, 0) is 38.0 Å². The molecule has 1 atom stereocenters. The van der Waals surface area contributed by atoms with Crippen LogP contribution in [0.2, 0.25) is 0 Å². The van der Waals surface area contributed by atoms with E-state index in [1.54, 1.807) is 18.3 Å². The fourth-order valence-electron chi connectivity index (χ4n) is 1.84. The van der Waals surface area contributed by atoms with Crippen molar-refractivity contribution in [1.29, 1.82) is 0 Å². The number of pyridine rings is 1. The number of aromatic nitrogens is 2. The van der Waals surface area contributed by atoms with Crippen LogP contribution in [-0.4, -0.2) is 27.9 Å². The third kappa shape index (κ3) is 3.03. The highest BCUT2D eigenvalue weighted by molar-refractivity contribution is 5.93. The van der Waals surface area contributed by atoms with E-state index in [1.165, 1.54) is 10.6 Å². The van der Waals surface area contributed by atoms with E-state index in [4.69, 9.17) is 5.73 Å². The van der Waals surface area contributed by atoms with Crippen LogP contribution in [-0.2, 0) is 0 Å². The Hall–Kier alpha value is -2.21. The number of nitrogens with one attached hydrogen (secondary N) is 1. The summed E-state index contributed by atoms with van der Waals surface area (Å²) in [5.74, 6) is -0.418. The summed E-state index contributed by atoms with van der Waals surface area (Å²) in [6.45, 7) is 4.22. The van der Waals surface area contributed by atoms with E-state index in [2.05, 4.69) is 10.3 Å². The van der Waals surface area contributed by atoms with Gasteiger partial charge in [0.25, 0.3) is 11.5 Å². The Morgan fingerprint density at radius 3 is 3.00 bits per heavy atom. The largest absolute Gasteiger partial charge is 0.352 e. The zero-order valence-electron chi connectivity index (χ0n) is 11.6. The number of amides is 1. The average molecular weight is 274 g/mol. The van der Waals surface area contributed by atoms with Crippen LogP contribution in [0.5, 0.6) is 0 Å². The van der Waals surface area contributed by atoms with E-state index in [1.807, 2.05) is 13.8 Å². The molecule has 0 aliphatic heterocycles. The van der Waals surface area contributed by atoms with Crippen LogP contribution in [0.3, 0.4) is 0 Å². The predicted octanol–water partition coefficient (Wildman–Crippen LogP) is 0.470. The van der Waals surface area contributed by atoms with Crippen molar-refractivity contribution in [2.75, 3.05) is 6.54 Å². The van der Waals surface area contributed by atoms with E-state index < -0.39 is 5.91 Å². The van der Waals surface area contributed by atoms with Gasteiger partial charge in [-0.1, -0.05) is 0 Å². The average Bonchev–Trinajstić information content (AvgIpc) is 2.38. The molecule has 2 heterocycles. The van der Waals surface area contributed by atoms with Crippen molar-refractivity contribution in [2.24, 2.45) is 5.73 Å². The van der Waals surface area contributed by atoms with Gasteiger partial charge in [0.15, 0.2) is 0 Å². The molecule has 6 nitrogen and oxygen atoms in total. The molecule has 1 amide bonds. The lowest BCUT2D eigenvalue weighted by Crippen LogP contribution is -2.33. The number of carbonyl (C=O) groups is 1. The molecular formula is C14H18N4O2. The Kier molecular flexibility index (Phi) is 4.14. The minimum atomic E-state index is -0.418. The van der Waals surface area contributed by atoms with Crippen LogP contribution in [0.1, 0.15) is 29.3 Å². The van der Waals surface area contributed by atoms with Gasteiger partial charge in [0.1, 0.15) is 11.2 Å². The van der Waals surface area contributed by atoms with E-state index in [9.17, 15) is 9.59 Å². The minimum absolute atomic E-state index is 0.00843. The van der Waals surface area contributed by atoms with E-state index >= 15 is 0 Å². The molecule has 106 valence electrons. The highest BCUT2D eigenvalue weighted by atomic mass is 16.2. The van der Waals surface area contributed by atoms with Crippen LogP contribution < -0.4 is 16.6 Å². The third-order valence-electron chi connectivity index (χ3n) is 3.00. The Labute approximate surface area is 116 Å². The van der Waals surface area contributed by atoms with Crippen molar-refractivity contribution < 1.29 is 4.79 Å². The van der Waals surface area contributed by atoms with Gasteiger partial charge in [-0.25, -0.2) is 4.98 Å². The second kappa shape index (κ2) is 5.83. The lowest BCUT2D eigenvalue weighted by molar-refractivity contribution is 0.0951. The Balaban J connectivity index is 2.27. The van der Waals surface area contributed by atoms with Gasteiger partial charge in [0, 0.05) is 25.0 Å². The molecule has 0 radical (unpaired) electrons. The summed E-state index contributed by atoms with van der Waals surface area (Å²) in [4.78, 5) is 28.3. The molecule has 0 bridgehead atoms. The quantitative estimate of drug-likeness (QED) is 0.848. The summed E-state index contributed by atoms with van der Waals surface area (Å²) < 4.78 is 1.37. The summed E-state index contributed by atoms with van der Waals surface area (Å²) in [5.41, 5.74) is 6.81. The smallest absolute Gasteiger partial charge is 0.270 e. The highest BCUT2D eigenvalue weighted by Crippen LogP contribution is 2.02. The number of hydrogen-bond acceptors (Lipinski definition) is 4. The van der Waals surface area contributed by atoms with Crippen LogP contribution in [0.25, 0.3) is 5.65 Å². The van der Waals surface area contributed by atoms with Gasteiger partial charge >= 0.3 is 0 Å². The zero-order chi connectivity index (χ0) is 14.7. The lowest BCUT2D eigenvalue weighted by atomic mass is 10.2. The molecule has 0 spiro atoms. The summed E-state index contributed by atoms with van der Waals surface area (Å²) in [6.07, 6.45) is 3.60. The number of nitrogens with two attached hydrogens (primary N) is 1. The van der Waals surface area contributed by atoms with E-state index in [0.717, 1.165) is 5.56 Å². The summed E-state index contributed by atoms with van der Waals surface area (Å²) in [6, 6.07) is 3.60. The first kappa shape index (κ1) is 14.2. The standard InChI is InChI=1S/C14H18N4O2/c1-9-4-6-18-12(7-9)17-8-11(14(18)20)13(19)16-5-3-10(2)15/h4,6-8,10H,3,5,15H2,1-2H3,(H,16,19). The molecule has 1 unspecified atom stereocenters. The molecule has 3 N–H and O–H groups in total. The summed E-state index contributed by atoms with van der Waals surface area (Å²) in [7, 11) is 0. The molecular weight excluding hydrogens is 256 g/mol. The van der Waals surface area contributed by atoms with Crippen molar-refractivity contribution in [3.63, 3.8) is 0 Å². The molecule has 2 aromatic heterocycles. The predicted molar refractivity (Wildman–Crippen MR) is 76.8 cm³/mol. The number of nitrogens with zero attached hydrogens (tertiary/aromatic N) is 2. The topological polar surface area (TPSA) is 89.5 Å². The van der Waals surface area contributed by atoms with Gasteiger partial charge in [-0.3, -0.25) is 14.0 Å². The second-order valence-electron chi connectivity index (χ2n) is 4.93. The summed E-state index contributed by atoms with van der Waals surface area (Å²) >= 11 is 0. The maximum Gasteiger partial charge on any atom is 0.270 e. The van der Waals surface area contributed by atoms with Crippen LogP contribution >= 0.6 is 0 Å².